The van der Waals surface area contributed by atoms with Crippen LogP contribution in [-0.2, 0) is 0 Å². The van der Waals surface area contributed by atoms with E-state index in [4.69, 9.17) is 4.52 Å². The highest BCUT2D eigenvalue weighted by Gasteiger charge is 2.18. The molecule has 0 aliphatic rings. The number of nitrogens with zero attached hydrogens (tertiary/aromatic N) is 3. The number of benzene rings is 2. The first kappa shape index (κ1) is 22.5. The van der Waals surface area contributed by atoms with Gasteiger partial charge in [-0.2, -0.15) is 0 Å². The Morgan fingerprint density at radius 1 is 1.03 bits per heavy atom. The molecule has 29 heavy (non-hydrogen) atoms. The number of amides is 1. The molecule has 3 aromatic rings. The van der Waals surface area contributed by atoms with Crippen LogP contribution in [0.1, 0.15) is 22.1 Å². The first-order valence-electron chi connectivity index (χ1n) is 9.19. The summed E-state index contributed by atoms with van der Waals surface area (Å²) in [7, 11) is 8.03. The number of nitrogens with one attached hydrogen (secondary N) is 1. The van der Waals surface area contributed by atoms with Crippen molar-refractivity contribution in [2.24, 2.45) is 0 Å². The summed E-state index contributed by atoms with van der Waals surface area (Å²) in [6.07, 6.45) is 0. The fraction of sp³-hybridized carbons (Fsp3) is 0.273. The molecule has 0 fully saturated rings. The number of anilines is 1. The van der Waals surface area contributed by atoms with Crippen LogP contribution in [0.2, 0.25) is 0 Å². The maximum atomic E-state index is 12.5. The van der Waals surface area contributed by atoms with Crippen LogP contribution >= 0.6 is 12.4 Å². The SMILES string of the molecule is CN(C)c1ccc(C(CNC(=O)c2cc(-c3ccccc3)on2)N(C)C)cc1.Cl. The van der Waals surface area contributed by atoms with Crippen LogP contribution in [0.4, 0.5) is 5.69 Å². The van der Waals surface area contributed by atoms with Crippen molar-refractivity contribution in [3.05, 3.63) is 71.9 Å². The molecule has 1 N–H and O–H groups in total. The summed E-state index contributed by atoms with van der Waals surface area (Å²) in [4.78, 5) is 16.7. The predicted molar refractivity (Wildman–Crippen MR) is 119 cm³/mol. The summed E-state index contributed by atoms with van der Waals surface area (Å²) in [5.41, 5.74) is 3.45. The van der Waals surface area contributed by atoms with Crippen LogP contribution in [0.15, 0.2) is 65.2 Å². The van der Waals surface area contributed by atoms with Gasteiger partial charge in [0, 0.05) is 38.0 Å². The third-order valence-corrected chi connectivity index (χ3v) is 4.67. The van der Waals surface area contributed by atoms with Gasteiger partial charge in [-0.1, -0.05) is 47.6 Å². The van der Waals surface area contributed by atoms with E-state index in [0.29, 0.717) is 12.3 Å². The summed E-state index contributed by atoms with van der Waals surface area (Å²) in [5, 5.41) is 6.88. The van der Waals surface area contributed by atoms with E-state index in [1.165, 1.54) is 0 Å². The van der Waals surface area contributed by atoms with Crippen LogP contribution in [0.25, 0.3) is 11.3 Å². The topological polar surface area (TPSA) is 61.6 Å². The second-order valence-electron chi connectivity index (χ2n) is 7.12. The van der Waals surface area contributed by atoms with Crippen LogP contribution in [-0.4, -0.2) is 50.7 Å². The van der Waals surface area contributed by atoms with Crippen molar-refractivity contribution in [1.82, 2.24) is 15.4 Å². The number of hydrogen-bond donors (Lipinski definition) is 1. The number of likely N-dealkylation sites (N-methyl/N-ethyl adjacent to an activating group) is 1. The van der Waals surface area contributed by atoms with E-state index in [2.05, 4.69) is 44.5 Å². The van der Waals surface area contributed by atoms with Crippen LogP contribution in [0, 0.1) is 0 Å². The number of aromatic nitrogens is 1. The first-order chi connectivity index (χ1) is 13.5. The zero-order valence-electron chi connectivity index (χ0n) is 17.1. The van der Waals surface area contributed by atoms with E-state index in [0.717, 1.165) is 16.8 Å². The van der Waals surface area contributed by atoms with Crippen LogP contribution in [0.3, 0.4) is 0 Å². The number of halogens is 1. The van der Waals surface area contributed by atoms with Gasteiger partial charge < -0.3 is 19.6 Å². The van der Waals surface area contributed by atoms with Gasteiger partial charge in [0.25, 0.3) is 5.91 Å². The summed E-state index contributed by atoms with van der Waals surface area (Å²) in [6.45, 7) is 0.473. The molecule has 0 bridgehead atoms. The van der Waals surface area contributed by atoms with Crippen molar-refractivity contribution in [2.75, 3.05) is 39.6 Å². The molecular weight excluding hydrogens is 388 g/mol. The van der Waals surface area contributed by atoms with E-state index in [1.54, 1.807) is 6.07 Å². The quantitative estimate of drug-likeness (QED) is 0.636. The minimum Gasteiger partial charge on any atom is -0.378 e. The maximum absolute atomic E-state index is 12.5. The molecule has 2 aromatic carbocycles. The Kier molecular flexibility index (Phi) is 7.82. The molecule has 7 heteroatoms. The van der Waals surface area contributed by atoms with Gasteiger partial charge in [0.15, 0.2) is 11.5 Å². The van der Waals surface area contributed by atoms with Crippen molar-refractivity contribution in [2.45, 2.75) is 6.04 Å². The Morgan fingerprint density at radius 2 is 1.69 bits per heavy atom. The molecule has 1 amide bonds. The standard InChI is InChI=1S/C22H26N4O2.ClH/c1-25(2)18-12-10-16(11-13-18)20(26(3)4)15-23-22(27)19-14-21(28-24-19)17-8-6-5-7-9-17;/h5-14,20H,15H2,1-4H3,(H,23,27);1H. The lowest BCUT2D eigenvalue weighted by molar-refractivity contribution is 0.0933. The highest BCUT2D eigenvalue weighted by atomic mass is 35.5. The Balaban J connectivity index is 0.00000300. The number of hydrogen-bond acceptors (Lipinski definition) is 5. The molecule has 3 rings (SSSR count). The van der Waals surface area contributed by atoms with Crippen molar-refractivity contribution in [3.8, 4) is 11.3 Å². The molecule has 6 nitrogen and oxygen atoms in total. The molecule has 0 saturated heterocycles. The second-order valence-corrected chi connectivity index (χ2v) is 7.12. The molecule has 0 saturated carbocycles. The van der Waals surface area contributed by atoms with Gasteiger partial charge in [-0.15, -0.1) is 12.4 Å². The van der Waals surface area contributed by atoms with E-state index in [-0.39, 0.29) is 30.0 Å². The van der Waals surface area contributed by atoms with Gasteiger partial charge in [-0.3, -0.25) is 4.79 Å². The zero-order valence-corrected chi connectivity index (χ0v) is 17.9. The van der Waals surface area contributed by atoms with E-state index in [1.807, 2.05) is 58.5 Å². The average Bonchev–Trinajstić information content (AvgIpc) is 3.19. The zero-order chi connectivity index (χ0) is 20.1. The largest absolute Gasteiger partial charge is 0.378 e. The molecule has 0 spiro atoms. The third kappa shape index (κ3) is 5.59. The van der Waals surface area contributed by atoms with Crippen molar-refractivity contribution in [3.63, 3.8) is 0 Å². The Morgan fingerprint density at radius 3 is 2.28 bits per heavy atom. The molecule has 0 aliphatic heterocycles. The summed E-state index contributed by atoms with van der Waals surface area (Å²) in [6, 6.07) is 19.7. The highest BCUT2D eigenvalue weighted by Crippen LogP contribution is 2.22. The lowest BCUT2D eigenvalue weighted by Crippen LogP contribution is -2.34. The third-order valence-electron chi connectivity index (χ3n) is 4.67. The average molecular weight is 415 g/mol. The van der Waals surface area contributed by atoms with Gasteiger partial charge in [-0.25, -0.2) is 0 Å². The van der Waals surface area contributed by atoms with E-state index in [9.17, 15) is 4.79 Å². The molecule has 1 heterocycles. The molecule has 1 aromatic heterocycles. The first-order valence-corrected chi connectivity index (χ1v) is 9.19. The van der Waals surface area contributed by atoms with Crippen molar-refractivity contribution < 1.29 is 9.32 Å². The number of carbonyl (C=O) groups excluding carboxylic acids is 1. The summed E-state index contributed by atoms with van der Waals surface area (Å²) in [5.74, 6) is 0.330. The van der Waals surface area contributed by atoms with Crippen LogP contribution in [0.5, 0.6) is 0 Å². The molecule has 0 aliphatic carbocycles. The van der Waals surface area contributed by atoms with Gasteiger partial charge in [-0.05, 0) is 31.8 Å². The Hall–Kier alpha value is -2.83. The smallest absolute Gasteiger partial charge is 0.273 e. The number of carbonyl (C=O) groups is 1. The predicted octanol–water partition coefficient (Wildman–Crippen LogP) is 3.86. The normalized spacial score (nSPS) is 11.6. The minimum atomic E-state index is -0.248. The van der Waals surface area contributed by atoms with E-state index >= 15 is 0 Å². The highest BCUT2D eigenvalue weighted by molar-refractivity contribution is 5.93. The monoisotopic (exact) mass is 414 g/mol. The molecule has 1 unspecified atom stereocenters. The fourth-order valence-corrected chi connectivity index (χ4v) is 2.99. The summed E-state index contributed by atoms with van der Waals surface area (Å²) >= 11 is 0. The Bertz CT molecular complexity index is 908. The fourth-order valence-electron chi connectivity index (χ4n) is 2.99. The van der Waals surface area contributed by atoms with Crippen molar-refractivity contribution in [1.29, 1.82) is 0 Å². The van der Waals surface area contributed by atoms with Gasteiger partial charge in [0.2, 0.25) is 0 Å². The van der Waals surface area contributed by atoms with E-state index < -0.39 is 0 Å². The minimum absolute atomic E-state index is 0. The molecule has 154 valence electrons. The van der Waals surface area contributed by atoms with Gasteiger partial charge >= 0.3 is 0 Å². The lowest BCUT2D eigenvalue weighted by atomic mass is 10.1. The molecule has 0 radical (unpaired) electrons. The lowest BCUT2D eigenvalue weighted by Gasteiger charge is -2.25. The van der Waals surface area contributed by atoms with Crippen LogP contribution < -0.4 is 10.2 Å². The van der Waals surface area contributed by atoms with Crippen molar-refractivity contribution >= 4 is 24.0 Å². The Labute approximate surface area is 177 Å². The summed E-state index contributed by atoms with van der Waals surface area (Å²) < 4.78 is 5.32. The molecular formula is C22H27ClN4O2. The second kappa shape index (κ2) is 10.1. The molecule has 1 atom stereocenters. The number of rotatable bonds is 7. The van der Waals surface area contributed by atoms with Gasteiger partial charge in [0.1, 0.15) is 0 Å². The van der Waals surface area contributed by atoms with Gasteiger partial charge in [0.05, 0.1) is 6.04 Å². The maximum Gasteiger partial charge on any atom is 0.273 e.